The predicted octanol–water partition coefficient (Wildman–Crippen LogP) is 2.53. The molecule has 100 valence electrons. The molecule has 0 bridgehead atoms. The summed E-state index contributed by atoms with van der Waals surface area (Å²) in [6, 6.07) is 8.09. The van der Waals surface area contributed by atoms with E-state index in [1.807, 2.05) is 38.2 Å². The lowest BCUT2D eigenvalue weighted by Gasteiger charge is -2.23. The average molecular weight is 249 g/mol. The molecule has 1 unspecified atom stereocenters. The van der Waals surface area contributed by atoms with Gasteiger partial charge in [0.1, 0.15) is 0 Å². The molecule has 0 saturated heterocycles. The van der Waals surface area contributed by atoms with Crippen molar-refractivity contribution in [1.82, 2.24) is 4.90 Å². The second-order valence-electron chi connectivity index (χ2n) is 4.82. The number of hydrogen-bond donors (Lipinski definition) is 0. The fourth-order valence-electron chi connectivity index (χ4n) is 1.75. The molecule has 0 fully saturated rings. The van der Waals surface area contributed by atoms with Crippen LogP contribution in [0.25, 0.3) is 0 Å². The summed E-state index contributed by atoms with van der Waals surface area (Å²) in [7, 11) is 3.72. The van der Waals surface area contributed by atoms with Crippen LogP contribution < -0.4 is 0 Å². The summed E-state index contributed by atoms with van der Waals surface area (Å²) in [5.74, 6) is 0.200. The summed E-state index contributed by atoms with van der Waals surface area (Å²) in [5, 5.41) is 0. The molecule has 0 aliphatic heterocycles. The number of likely N-dealkylation sites (N-methyl/N-ethyl adjacent to an activating group) is 1. The van der Waals surface area contributed by atoms with Crippen LogP contribution in [0.1, 0.15) is 29.3 Å². The van der Waals surface area contributed by atoms with Crippen LogP contribution in [-0.4, -0.2) is 44.0 Å². The van der Waals surface area contributed by atoms with Crippen LogP contribution in [0.15, 0.2) is 24.3 Å². The van der Waals surface area contributed by atoms with E-state index in [1.165, 1.54) is 5.56 Å². The van der Waals surface area contributed by atoms with Gasteiger partial charge in [-0.05, 0) is 20.9 Å². The molecule has 0 aromatic heterocycles. The molecule has 1 rings (SSSR count). The van der Waals surface area contributed by atoms with Crippen LogP contribution in [0.2, 0.25) is 0 Å². The van der Waals surface area contributed by atoms with E-state index in [9.17, 15) is 4.79 Å². The molecule has 0 aliphatic carbocycles. The lowest BCUT2D eigenvalue weighted by Crippen LogP contribution is -2.34. The molecule has 1 aromatic rings. The van der Waals surface area contributed by atoms with E-state index in [-0.39, 0.29) is 5.78 Å². The summed E-state index contributed by atoms with van der Waals surface area (Å²) in [6.45, 7) is 5.57. The average Bonchev–Trinajstić information content (AvgIpc) is 2.36. The first-order chi connectivity index (χ1) is 8.54. The van der Waals surface area contributed by atoms with Crippen LogP contribution >= 0.6 is 0 Å². The van der Waals surface area contributed by atoms with Crippen LogP contribution in [0.4, 0.5) is 0 Å². The van der Waals surface area contributed by atoms with Gasteiger partial charge >= 0.3 is 0 Å². The minimum absolute atomic E-state index is 0.200. The zero-order valence-corrected chi connectivity index (χ0v) is 11.8. The maximum atomic E-state index is 12.0. The van der Waals surface area contributed by atoms with Gasteiger partial charge in [0, 0.05) is 31.7 Å². The number of benzene rings is 1. The van der Waals surface area contributed by atoms with Crippen molar-refractivity contribution in [3.05, 3.63) is 35.4 Å². The number of ketones is 1. The Morgan fingerprint density at radius 2 is 1.94 bits per heavy atom. The zero-order valence-electron chi connectivity index (χ0n) is 11.8. The van der Waals surface area contributed by atoms with Gasteiger partial charge < -0.3 is 9.64 Å². The first kappa shape index (κ1) is 14.9. The molecule has 1 atom stereocenters. The second-order valence-corrected chi connectivity index (χ2v) is 4.82. The lowest BCUT2D eigenvalue weighted by atomic mass is 10.1. The maximum absolute atomic E-state index is 12.0. The molecule has 0 spiro atoms. The molecular formula is C15H23NO2. The van der Waals surface area contributed by atoms with Crippen molar-refractivity contribution in [3.8, 4) is 0 Å². The van der Waals surface area contributed by atoms with Crippen LogP contribution in [0.3, 0.4) is 0 Å². The number of hydrogen-bond acceptors (Lipinski definition) is 3. The minimum Gasteiger partial charge on any atom is -0.383 e. The van der Waals surface area contributed by atoms with Crippen molar-refractivity contribution in [3.63, 3.8) is 0 Å². The third-order valence-electron chi connectivity index (χ3n) is 3.23. The quantitative estimate of drug-likeness (QED) is 0.695. The Bertz CT molecular complexity index is 373. The Hall–Kier alpha value is -1.19. The molecule has 0 aliphatic rings. The van der Waals surface area contributed by atoms with Gasteiger partial charge in [0.25, 0.3) is 0 Å². The van der Waals surface area contributed by atoms with Crippen molar-refractivity contribution in [2.24, 2.45) is 0 Å². The Morgan fingerprint density at radius 3 is 2.50 bits per heavy atom. The number of nitrogens with zero attached hydrogens (tertiary/aromatic N) is 1. The van der Waals surface area contributed by atoms with E-state index < -0.39 is 0 Å². The highest BCUT2D eigenvalue weighted by atomic mass is 16.5. The minimum atomic E-state index is 0.200. The maximum Gasteiger partial charge on any atom is 0.164 e. The standard InChI is InChI=1S/C15H23NO2/c1-12-5-7-14(8-6-12)15(17)9-10-16(3)13(2)11-18-4/h5-8,13H,9-11H2,1-4H3. The smallest absolute Gasteiger partial charge is 0.164 e. The van der Waals surface area contributed by atoms with Crippen LogP contribution in [0, 0.1) is 6.92 Å². The van der Waals surface area contributed by atoms with Crippen molar-refractivity contribution in [1.29, 1.82) is 0 Å². The van der Waals surface area contributed by atoms with E-state index in [0.717, 1.165) is 12.1 Å². The summed E-state index contributed by atoms with van der Waals surface area (Å²) < 4.78 is 5.10. The van der Waals surface area contributed by atoms with Gasteiger partial charge in [-0.25, -0.2) is 0 Å². The SMILES string of the molecule is COCC(C)N(C)CCC(=O)c1ccc(C)cc1. The molecule has 0 heterocycles. The predicted molar refractivity (Wildman–Crippen MR) is 74.1 cm³/mol. The molecule has 18 heavy (non-hydrogen) atoms. The lowest BCUT2D eigenvalue weighted by molar-refractivity contribution is 0.0916. The van der Waals surface area contributed by atoms with Crippen molar-refractivity contribution >= 4 is 5.78 Å². The second kappa shape index (κ2) is 7.29. The number of rotatable bonds is 7. The fraction of sp³-hybridized carbons (Fsp3) is 0.533. The number of ether oxygens (including phenoxy) is 1. The molecule has 0 radical (unpaired) electrons. The Balaban J connectivity index is 2.43. The van der Waals surface area contributed by atoms with Gasteiger partial charge in [-0.3, -0.25) is 4.79 Å². The van der Waals surface area contributed by atoms with E-state index in [4.69, 9.17) is 4.74 Å². The number of methoxy groups -OCH3 is 1. The van der Waals surface area contributed by atoms with Crippen molar-refractivity contribution < 1.29 is 9.53 Å². The van der Waals surface area contributed by atoms with Gasteiger partial charge in [-0.15, -0.1) is 0 Å². The number of carbonyl (C=O) groups excluding carboxylic acids is 1. The number of aryl methyl sites for hydroxylation is 1. The zero-order chi connectivity index (χ0) is 13.5. The van der Waals surface area contributed by atoms with Crippen molar-refractivity contribution in [2.75, 3.05) is 27.3 Å². The van der Waals surface area contributed by atoms with E-state index in [2.05, 4.69) is 11.8 Å². The Kier molecular flexibility index (Phi) is 6.02. The van der Waals surface area contributed by atoms with Gasteiger partial charge in [0.05, 0.1) is 6.61 Å². The van der Waals surface area contributed by atoms with Gasteiger partial charge in [0.2, 0.25) is 0 Å². The first-order valence-electron chi connectivity index (χ1n) is 6.33. The molecule has 0 amide bonds. The Morgan fingerprint density at radius 1 is 1.33 bits per heavy atom. The van der Waals surface area contributed by atoms with Crippen LogP contribution in [0.5, 0.6) is 0 Å². The molecule has 1 aromatic carbocycles. The summed E-state index contributed by atoms with van der Waals surface area (Å²) in [4.78, 5) is 14.1. The number of carbonyl (C=O) groups is 1. The van der Waals surface area contributed by atoms with Gasteiger partial charge in [0.15, 0.2) is 5.78 Å². The summed E-state index contributed by atoms with van der Waals surface area (Å²) in [6.07, 6.45) is 0.549. The van der Waals surface area contributed by atoms with E-state index in [0.29, 0.717) is 19.1 Å². The van der Waals surface area contributed by atoms with E-state index >= 15 is 0 Å². The molecule has 3 heteroatoms. The summed E-state index contributed by atoms with van der Waals surface area (Å²) in [5.41, 5.74) is 1.98. The first-order valence-corrected chi connectivity index (χ1v) is 6.33. The highest BCUT2D eigenvalue weighted by Gasteiger charge is 2.11. The molecule has 0 saturated carbocycles. The summed E-state index contributed by atoms with van der Waals surface area (Å²) >= 11 is 0. The largest absolute Gasteiger partial charge is 0.383 e. The topological polar surface area (TPSA) is 29.5 Å². The normalized spacial score (nSPS) is 12.7. The van der Waals surface area contributed by atoms with Gasteiger partial charge in [-0.1, -0.05) is 29.8 Å². The molecular weight excluding hydrogens is 226 g/mol. The van der Waals surface area contributed by atoms with Gasteiger partial charge in [-0.2, -0.15) is 0 Å². The van der Waals surface area contributed by atoms with Crippen LogP contribution in [-0.2, 0) is 4.74 Å². The van der Waals surface area contributed by atoms with E-state index in [1.54, 1.807) is 7.11 Å². The molecule has 0 N–H and O–H groups in total. The monoisotopic (exact) mass is 249 g/mol. The highest BCUT2D eigenvalue weighted by molar-refractivity contribution is 5.96. The third-order valence-corrected chi connectivity index (χ3v) is 3.23. The number of Topliss-reactive ketones (excluding diaryl/α,β-unsaturated/α-hetero) is 1. The Labute approximate surface area is 110 Å². The molecule has 3 nitrogen and oxygen atoms in total. The fourth-order valence-corrected chi connectivity index (χ4v) is 1.75. The highest BCUT2D eigenvalue weighted by Crippen LogP contribution is 2.07. The van der Waals surface area contributed by atoms with Crippen molar-refractivity contribution in [2.45, 2.75) is 26.3 Å². The third kappa shape index (κ3) is 4.59.